The first-order chi connectivity index (χ1) is 9.47. The molecule has 2 aromatic rings. The smallest absolute Gasteiger partial charge is 0.279 e. The van der Waals surface area contributed by atoms with Crippen LogP contribution in [0, 0.1) is 15.9 Å². The first-order valence-electron chi connectivity index (χ1n) is 5.97. The molecule has 0 atom stereocenters. The molecule has 6 nitrogen and oxygen atoms in total. The maximum atomic E-state index is 13.3. The molecule has 0 amide bonds. The van der Waals surface area contributed by atoms with Gasteiger partial charge in [0.1, 0.15) is 10.8 Å². The van der Waals surface area contributed by atoms with E-state index in [4.69, 9.17) is 0 Å². The van der Waals surface area contributed by atoms with Crippen LogP contribution in [0.2, 0.25) is 0 Å². The SMILES string of the molecule is CC(C)NCc1nnc(-c2cc(F)ccc2[N+](=O)[O-])s1. The largest absolute Gasteiger partial charge is 0.308 e. The quantitative estimate of drug-likeness (QED) is 0.677. The lowest BCUT2D eigenvalue weighted by atomic mass is 10.2. The highest BCUT2D eigenvalue weighted by atomic mass is 32.1. The monoisotopic (exact) mass is 296 g/mol. The lowest BCUT2D eigenvalue weighted by Gasteiger charge is -2.03. The molecular weight excluding hydrogens is 283 g/mol. The van der Waals surface area contributed by atoms with Gasteiger partial charge in [-0.05, 0) is 12.1 Å². The number of nitro benzene ring substituents is 1. The average Bonchev–Trinajstić information content (AvgIpc) is 2.84. The van der Waals surface area contributed by atoms with E-state index in [9.17, 15) is 14.5 Å². The Balaban J connectivity index is 2.32. The van der Waals surface area contributed by atoms with E-state index in [-0.39, 0.29) is 11.3 Å². The van der Waals surface area contributed by atoms with Gasteiger partial charge in [-0.3, -0.25) is 10.1 Å². The third-order valence-corrected chi connectivity index (χ3v) is 3.47. The van der Waals surface area contributed by atoms with Gasteiger partial charge in [0, 0.05) is 18.7 Å². The lowest BCUT2D eigenvalue weighted by Crippen LogP contribution is -2.21. The summed E-state index contributed by atoms with van der Waals surface area (Å²) in [6.07, 6.45) is 0. The van der Waals surface area contributed by atoms with Crippen molar-refractivity contribution in [1.29, 1.82) is 0 Å². The highest BCUT2D eigenvalue weighted by Crippen LogP contribution is 2.32. The van der Waals surface area contributed by atoms with Crippen molar-refractivity contribution in [2.45, 2.75) is 26.4 Å². The molecule has 1 N–H and O–H groups in total. The Morgan fingerprint density at radius 1 is 1.45 bits per heavy atom. The Kier molecular flexibility index (Phi) is 4.35. The number of nitrogens with one attached hydrogen (secondary N) is 1. The minimum absolute atomic E-state index is 0.156. The van der Waals surface area contributed by atoms with Gasteiger partial charge in [-0.1, -0.05) is 25.2 Å². The molecule has 20 heavy (non-hydrogen) atoms. The average molecular weight is 296 g/mol. The minimum Gasteiger partial charge on any atom is -0.308 e. The van der Waals surface area contributed by atoms with Crippen molar-refractivity contribution < 1.29 is 9.31 Å². The molecule has 0 unspecified atom stereocenters. The van der Waals surface area contributed by atoms with Crippen LogP contribution in [0.1, 0.15) is 18.9 Å². The first-order valence-corrected chi connectivity index (χ1v) is 6.79. The molecule has 2 rings (SSSR count). The fourth-order valence-electron chi connectivity index (χ4n) is 1.56. The summed E-state index contributed by atoms with van der Waals surface area (Å²) in [4.78, 5) is 10.4. The molecule has 106 valence electrons. The summed E-state index contributed by atoms with van der Waals surface area (Å²) in [6, 6.07) is 3.60. The molecule has 8 heteroatoms. The number of hydrogen-bond acceptors (Lipinski definition) is 6. The van der Waals surface area contributed by atoms with Gasteiger partial charge >= 0.3 is 0 Å². The number of nitrogens with zero attached hydrogens (tertiary/aromatic N) is 3. The van der Waals surface area contributed by atoms with E-state index in [1.165, 1.54) is 11.3 Å². The summed E-state index contributed by atoms with van der Waals surface area (Å²) >= 11 is 1.21. The van der Waals surface area contributed by atoms with Crippen LogP contribution in [0.4, 0.5) is 10.1 Å². The second kappa shape index (κ2) is 6.02. The standard InChI is InChI=1S/C12H13FN4O2S/c1-7(2)14-6-11-15-16-12(20-11)9-5-8(13)3-4-10(9)17(18)19/h3-5,7,14H,6H2,1-2H3. The number of nitro groups is 1. The van der Waals surface area contributed by atoms with Crippen LogP contribution in [-0.2, 0) is 6.54 Å². The maximum absolute atomic E-state index is 13.3. The predicted octanol–water partition coefficient (Wildman–Crippen LogP) is 2.75. The summed E-state index contributed by atoms with van der Waals surface area (Å²) in [6.45, 7) is 4.52. The van der Waals surface area contributed by atoms with Crippen molar-refractivity contribution in [2.75, 3.05) is 0 Å². The Bertz CT molecular complexity index is 630. The zero-order valence-corrected chi connectivity index (χ0v) is 11.8. The second-order valence-corrected chi connectivity index (χ2v) is 5.52. The molecule has 0 bridgehead atoms. The van der Waals surface area contributed by atoms with Gasteiger partial charge in [-0.15, -0.1) is 10.2 Å². The van der Waals surface area contributed by atoms with E-state index in [2.05, 4.69) is 15.5 Å². The highest BCUT2D eigenvalue weighted by Gasteiger charge is 2.19. The number of hydrogen-bond donors (Lipinski definition) is 1. The molecule has 0 radical (unpaired) electrons. The summed E-state index contributed by atoms with van der Waals surface area (Å²) < 4.78 is 13.3. The van der Waals surface area contributed by atoms with Gasteiger partial charge < -0.3 is 5.32 Å². The van der Waals surface area contributed by atoms with E-state index < -0.39 is 10.7 Å². The van der Waals surface area contributed by atoms with Crippen LogP contribution < -0.4 is 5.32 Å². The zero-order chi connectivity index (χ0) is 14.7. The molecule has 1 aromatic carbocycles. The minimum atomic E-state index is -0.553. The van der Waals surface area contributed by atoms with Crippen molar-refractivity contribution in [3.05, 3.63) is 39.1 Å². The van der Waals surface area contributed by atoms with Gasteiger partial charge in [0.05, 0.1) is 10.5 Å². The van der Waals surface area contributed by atoms with Crippen LogP contribution in [0.3, 0.4) is 0 Å². The van der Waals surface area contributed by atoms with Crippen LogP contribution >= 0.6 is 11.3 Å². The predicted molar refractivity (Wildman–Crippen MR) is 73.9 cm³/mol. The van der Waals surface area contributed by atoms with Crippen LogP contribution in [0.15, 0.2) is 18.2 Å². The topological polar surface area (TPSA) is 81.0 Å². The fourth-order valence-corrected chi connectivity index (χ4v) is 2.38. The van der Waals surface area contributed by atoms with Crippen molar-refractivity contribution >= 4 is 17.0 Å². The fraction of sp³-hybridized carbons (Fsp3) is 0.333. The number of rotatable bonds is 5. The Hall–Kier alpha value is -1.93. The van der Waals surface area contributed by atoms with Crippen molar-refractivity contribution in [2.24, 2.45) is 0 Å². The lowest BCUT2D eigenvalue weighted by molar-refractivity contribution is -0.384. The van der Waals surface area contributed by atoms with Gasteiger partial charge in [0.2, 0.25) is 0 Å². The van der Waals surface area contributed by atoms with E-state index in [1.807, 2.05) is 13.8 Å². The molecule has 1 aromatic heterocycles. The Morgan fingerprint density at radius 2 is 2.20 bits per heavy atom. The molecule has 0 aliphatic rings. The third-order valence-electron chi connectivity index (χ3n) is 2.51. The van der Waals surface area contributed by atoms with Crippen molar-refractivity contribution in [1.82, 2.24) is 15.5 Å². The zero-order valence-electron chi connectivity index (χ0n) is 11.0. The number of halogens is 1. The van der Waals surface area contributed by atoms with E-state index in [1.54, 1.807) is 0 Å². The van der Waals surface area contributed by atoms with Crippen LogP contribution in [0.5, 0.6) is 0 Å². The molecule has 0 aliphatic heterocycles. The number of benzene rings is 1. The Labute approximate surface area is 118 Å². The van der Waals surface area contributed by atoms with Crippen LogP contribution in [0.25, 0.3) is 10.6 Å². The normalized spacial score (nSPS) is 11.0. The summed E-state index contributed by atoms with van der Waals surface area (Å²) in [5.41, 5.74) is -0.0192. The first kappa shape index (κ1) is 14.5. The molecule has 1 heterocycles. The van der Waals surface area contributed by atoms with Crippen molar-refractivity contribution in [3.8, 4) is 10.6 Å². The Morgan fingerprint density at radius 3 is 2.85 bits per heavy atom. The van der Waals surface area contributed by atoms with Crippen LogP contribution in [-0.4, -0.2) is 21.2 Å². The van der Waals surface area contributed by atoms with Gasteiger partial charge in [0.15, 0.2) is 5.01 Å². The maximum Gasteiger partial charge on any atom is 0.279 e. The third kappa shape index (κ3) is 3.34. The molecule has 0 saturated heterocycles. The number of aromatic nitrogens is 2. The summed E-state index contributed by atoms with van der Waals surface area (Å²) in [5, 5.41) is 23.0. The van der Waals surface area contributed by atoms with Gasteiger partial charge in [-0.2, -0.15) is 0 Å². The molecular formula is C12H13FN4O2S. The molecule has 0 fully saturated rings. The molecule has 0 aliphatic carbocycles. The summed E-state index contributed by atoms with van der Waals surface area (Å²) in [5.74, 6) is -0.539. The highest BCUT2D eigenvalue weighted by molar-refractivity contribution is 7.14. The van der Waals surface area contributed by atoms with E-state index >= 15 is 0 Å². The molecule has 0 saturated carbocycles. The van der Waals surface area contributed by atoms with Crippen molar-refractivity contribution in [3.63, 3.8) is 0 Å². The van der Waals surface area contributed by atoms with E-state index in [0.29, 0.717) is 22.6 Å². The molecule has 0 spiro atoms. The summed E-state index contributed by atoms with van der Waals surface area (Å²) in [7, 11) is 0. The van der Waals surface area contributed by atoms with Gasteiger partial charge in [-0.25, -0.2) is 4.39 Å². The second-order valence-electron chi connectivity index (χ2n) is 4.46. The van der Waals surface area contributed by atoms with E-state index in [0.717, 1.165) is 18.2 Å². The van der Waals surface area contributed by atoms with Gasteiger partial charge in [0.25, 0.3) is 5.69 Å².